The first kappa shape index (κ1) is 19.4. The van der Waals surface area contributed by atoms with Gasteiger partial charge in [0.05, 0.1) is 5.75 Å². The Hall–Kier alpha value is -2.97. The molecule has 1 aliphatic rings. The SMILES string of the molecule is CCCS(=O)(=O)ON1c2ccccc2Oc2cccc(-c3nccc(CC)n3)c21. The van der Waals surface area contributed by atoms with E-state index in [2.05, 4.69) is 9.97 Å². The number of fused-ring (bicyclic) bond motifs is 2. The van der Waals surface area contributed by atoms with Crippen LogP contribution in [0.4, 0.5) is 11.4 Å². The number of rotatable bonds is 6. The molecule has 0 spiro atoms. The predicted molar refractivity (Wildman–Crippen MR) is 111 cm³/mol. The number of aromatic nitrogens is 2. The molecular weight excluding hydrogens is 390 g/mol. The lowest BCUT2D eigenvalue weighted by Crippen LogP contribution is -2.27. The van der Waals surface area contributed by atoms with Gasteiger partial charge in [-0.05, 0) is 43.2 Å². The Morgan fingerprint density at radius 1 is 1.03 bits per heavy atom. The molecule has 1 aliphatic heterocycles. The highest BCUT2D eigenvalue weighted by Gasteiger charge is 2.32. The van der Waals surface area contributed by atoms with Crippen LogP contribution in [0.15, 0.2) is 54.7 Å². The van der Waals surface area contributed by atoms with Crippen LogP contribution in [0.25, 0.3) is 11.4 Å². The van der Waals surface area contributed by atoms with Crippen molar-refractivity contribution in [1.82, 2.24) is 9.97 Å². The van der Waals surface area contributed by atoms with E-state index in [1.54, 1.807) is 37.4 Å². The normalized spacial score (nSPS) is 12.8. The van der Waals surface area contributed by atoms with Crippen LogP contribution in [0.1, 0.15) is 26.0 Å². The fourth-order valence-corrected chi connectivity index (χ4v) is 4.10. The number of anilines is 2. The molecule has 0 fully saturated rings. The first-order valence-corrected chi connectivity index (χ1v) is 11.0. The van der Waals surface area contributed by atoms with Crippen molar-refractivity contribution in [2.24, 2.45) is 0 Å². The monoisotopic (exact) mass is 411 g/mol. The number of benzene rings is 2. The van der Waals surface area contributed by atoms with E-state index in [1.807, 2.05) is 31.2 Å². The summed E-state index contributed by atoms with van der Waals surface area (Å²) in [5.74, 6) is 1.36. The topological polar surface area (TPSA) is 81.6 Å². The number of hydrogen-bond acceptors (Lipinski definition) is 7. The van der Waals surface area contributed by atoms with Crippen molar-refractivity contribution in [3.63, 3.8) is 0 Å². The maximum atomic E-state index is 12.5. The predicted octanol–water partition coefficient (Wildman–Crippen LogP) is 4.62. The van der Waals surface area contributed by atoms with Crippen molar-refractivity contribution >= 4 is 21.5 Å². The summed E-state index contributed by atoms with van der Waals surface area (Å²) in [7, 11) is -3.80. The minimum Gasteiger partial charge on any atom is -0.453 e. The molecule has 0 saturated heterocycles. The second-order valence-corrected chi connectivity index (χ2v) is 8.25. The molecule has 1 aromatic heterocycles. The van der Waals surface area contributed by atoms with Crippen molar-refractivity contribution in [3.8, 4) is 22.9 Å². The van der Waals surface area contributed by atoms with E-state index in [4.69, 9.17) is 9.02 Å². The van der Waals surface area contributed by atoms with Crippen molar-refractivity contribution in [1.29, 1.82) is 0 Å². The quantitative estimate of drug-likeness (QED) is 0.585. The van der Waals surface area contributed by atoms with Crippen molar-refractivity contribution in [2.45, 2.75) is 26.7 Å². The van der Waals surface area contributed by atoms with Gasteiger partial charge >= 0.3 is 0 Å². The molecule has 3 aromatic rings. The van der Waals surface area contributed by atoms with Crippen LogP contribution in [0.2, 0.25) is 0 Å². The van der Waals surface area contributed by atoms with Crippen LogP contribution in [0.5, 0.6) is 11.5 Å². The van der Waals surface area contributed by atoms with Crippen LogP contribution in [0, 0.1) is 0 Å². The number of hydrogen-bond donors (Lipinski definition) is 0. The van der Waals surface area contributed by atoms with Crippen LogP contribution >= 0.6 is 0 Å². The van der Waals surface area contributed by atoms with Gasteiger partial charge in [0.1, 0.15) is 11.4 Å². The zero-order chi connectivity index (χ0) is 20.4. The molecule has 0 radical (unpaired) electrons. The first-order valence-electron chi connectivity index (χ1n) is 9.47. The second-order valence-electron chi connectivity index (χ2n) is 6.58. The average Bonchev–Trinajstić information content (AvgIpc) is 2.73. The summed E-state index contributed by atoms with van der Waals surface area (Å²) in [6.45, 7) is 3.80. The molecular formula is C21H21N3O4S. The lowest BCUT2D eigenvalue weighted by atomic mass is 10.1. The largest absolute Gasteiger partial charge is 0.453 e. The van der Waals surface area contributed by atoms with E-state index in [-0.39, 0.29) is 5.75 Å². The molecule has 0 amide bonds. The Balaban J connectivity index is 1.90. The maximum absolute atomic E-state index is 12.5. The van der Waals surface area contributed by atoms with E-state index < -0.39 is 10.1 Å². The van der Waals surface area contributed by atoms with Gasteiger partial charge in [0.25, 0.3) is 10.1 Å². The van der Waals surface area contributed by atoms with Gasteiger partial charge in [0.2, 0.25) is 0 Å². The zero-order valence-corrected chi connectivity index (χ0v) is 17.0. The fourth-order valence-electron chi connectivity index (χ4n) is 3.15. The van der Waals surface area contributed by atoms with E-state index >= 15 is 0 Å². The summed E-state index contributed by atoms with van der Waals surface area (Å²) >= 11 is 0. The summed E-state index contributed by atoms with van der Waals surface area (Å²) in [5.41, 5.74) is 2.47. The molecule has 2 aromatic carbocycles. The average molecular weight is 411 g/mol. The molecule has 29 heavy (non-hydrogen) atoms. The summed E-state index contributed by atoms with van der Waals surface area (Å²) in [5, 5.41) is 1.32. The van der Waals surface area contributed by atoms with E-state index in [1.165, 1.54) is 5.06 Å². The van der Waals surface area contributed by atoms with Gasteiger partial charge in [-0.15, -0.1) is 4.28 Å². The van der Waals surface area contributed by atoms with Crippen LogP contribution in [-0.2, 0) is 20.8 Å². The summed E-state index contributed by atoms with van der Waals surface area (Å²) in [4.78, 5) is 8.99. The molecule has 0 N–H and O–H groups in total. The Labute approximate surface area is 170 Å². The second kappa shape index (κ2) is 7.81. The molecule has 0 aliphatic carbocycles. The van der Waals surface area contributed by atoms with Gasteiger partial charge in [-0.2, -0.15) is 13.5 Å². The van der Waals surface area contributed by atoms with E-state index in [0.717, 1.165) is 12.1 Å². The Bertz CT molecular complexity index is 1150. The van der Waals surface area contributed by atoms with Gasteiger partial charge in [-0.1, -0.05) is 32.0 Å². The first-order chi connectivity index (χ1) is 14.0. The smallest absolute Gasteiger partial charge is 0.288 e. The van der Waals surface area contributed by atoms with Crippen molar-refractivity contribution in [3.05, 3.63) is 60.4 Å². The lowest BCUT2D eigenvalue weighted by molar-refractivity contribution is 0.308. The van der Waals surface area contributed by atoms with Gasteiger partial charge in [-0.3, -0.25) is 0 Å². The molecule has 0 saturated carbocycles. The van der Waals surface area contributed by atoms with Crippen molar-refractivity contribution in [2.75, 3.05) is 10.8 Å². The number of nitrogens with zero attached hydrogens (tertiary/aromatic N) is 3. The van der Waals surface area contributed by atoms with E-state index in [9.17, 15) is 8.42 Å². The number of ether oxygens (including phenoxy) is 1. The Morgan fingerprint density at radius 2 is 1.83 bits per heavy atom. The third-order valence-corrected chi connectivity index (χ3v) is 5.75. The number of para-hydroxylation sites is 3. The van der Waals surface area contributed by atoms with Gasteiger partial charge in [-0.25, -0.2) is 9.97 Å². The summed E-state index contributed by atoms with van der Waals surface area (Å²) < 4.78 is 36.7. The highest BCUT2D eigenvalue weighted by atomic mass is 32.2. The minimum atomic E-state index is -3.80. The molecule has 150 valence electrons. The summed E-state index contributed by atoms with van der Waals surface area (Å²) in [6.07, 6.45) is 2.90. The molecule has 4 rings (SSSR count). The highest BCUT2D eigenvalue weighted by molar-refractivity contribution is 7.86. The molecule has 7 nitrogen and oxygen atoms in total. The standard InChI is InChI=1S/C21H21N3O4S/c1-3-14-29(25,26)28-24-17-9-5-6-10-18(17)27-19-11-7-8-16(20(19)24)21-22-13-12-15(4-2)23-21/h5-13H,3-4,14H2,1-2H3. The van der Waals surface area contributed by atoms with Gasteiger partial charge in [0.15, 0.2) is 17.3 Å². The van der Waals surface area contributed by atoms with E-state index in [0.29, 0.717) is 40.7 Å². The Morgan fingerprint density at radius 3 is 2.62 bits per heavy atom. The Kier molecular flexibility index (Phi) is 5.21. The van der Waals surface area contributed by atoms with Crippen LogP contribution in [-0.4, -0.2) is 24.1 Å². The highest BCUT2D eigenvalue weighted by Crippen LogP contribution is 2.50. The molecule has 0 bridgehead atoms. The number of aryl methyl sites for hydroxylation is 1. The summed E-state index contributed by atoms with van der Waals surface area (Å²) in [6, 6.07) is 14.4. The van der Waals surface area contributed by atoms with Gasteiger partial charge in [0, 0.05) is 17.5 Å². The fraction of sp³-hybridized carbons (Fsp3) is 0.238. The van der Waals surface area contributed by atoms with Crippen LogP contribution < -0.4 is 9.80 Å². The maximum Gasteiger partial charge on any atom is 0.288 e. The van der Waals surface area contributed by atoms with Crippen molar-refractivity contribution < 1.29 is 17.4 Å². The molecule has 2 heterocycles. The molecule has 8 heteroatoms. The van der Waals surface area contributed by atoms with Gasteiger partial charge < -0.3 is 4.74 Å². The minimum absolute atomic E-state index is 0.0914. The molecule has 0 unspecified atom stereocenters. The zero-order valence-electron chi connectivity index (χ0n) is 16.2. The third kappa shape index (κ3) is 3.81. The van der Waals surface area contributed by atoms with Crippen LogP contribution in [0.3, 0.4) is 0 Å². The molecule has 0 atom stereocenters. The third-order valence-electron chi connectivity index (χ3n) is 4.46. The lowest BCUT2D eigenvalue weighted by Gasteiger charge is -2.32.